The van der Waals surface area contributed by atoms with E-state index in [0.717, 1.165) is 19.3 Å². The lowest BCUT2D eigenvalue weighted by Gasteiger charge is -2.27. The molecule has 0 radical (unpaired) electrons. The first-order valence-corrected chi connectivity index (χ1v) is 6.40. The third-order valence-corrected chi connectivity index (χ3v) is 3.64. The van der Waals surface area contributed by atoms with Gasteiger partial charge in [0.25, 0.3) is 0 Å². The first kappa shape index (κ1) is 12.1. The van der Waals surface area contributed by atoms with Gasteiger partial charge in [0.1, 0.15) is 0 Å². The highest BCUT2D eigenvalue weighted by Crippen LogP contribution is 2.29. The molecule has 1 heterocycles. The van der Waals surface area contributed by atoms with Crippen molar-refractivity contribution >= 4 is 0 Å². The van der Waals surface area contributed by atoms with E-state index in [0.29, 0.717) is 18.5 Å². The Morgan fingerprint density at radius 3 is 3.24 bits per heavy atom. The van der Waals surface area contributed by atoms with Gasteiger partial charge in [-0.3, -0.25) is 4.68 Å². The highest BCUT2D eigenvalue weighted by Gasteiger charge is 2.24. The van der Waals surface area contributed by atoms with Crippen LogP contribution < -0.4 is 5.32 Å². The summed E-state index contributed by atoms with van der Waals surface area (Å²) in [4.78, 5) is 0. The molecule has 4 heteroatoms. The molecule has 4 nitrogen and oxygen atoms in total. The maximum atomic E-state index is 8.79. The third kappa shape index (κ3) is 2.50. The van der Waals surface area contributed by atoms with Crippen molar-refractivity contribution in [3.05, 3.63) is 17.5 Å². The van der Waals surface area contributed by atoms with E-state index < -0.39 is 0 Å². The second-order valence-corrected chi connectivity index (χ2v) is 4.75. The lowest BCUT2D eigenvalue weighted by molar-refractivity contribution is 0.386. The highest BCUT2D eigenvalue weighted by molar-refractivity contribution is 5.24. The first-order valence-electron chi connectivity index (χ1n) is 6.40. The van der Waals surface area contributed by atoms with Crippen LogP contribution in [-0.4, -0.2) is 15.8 Å². The van der Waals surface area contributed by atoms with Gasteiger partial charge in [-0.25, -0.2) is 0 Å². The van der Waals surface area contributed by atoms with E-state index >= 15 is 0 Å². The molecule has 0 fully saturated rings. The number of rotatable bonds is 4. The Bertz CT molecular complexity index is 416. The van der Waals surface area contributed by atoms with Crippen LogP contribution in [0.15, 0.2) is 6.20 Å². The van der Waals surface area contributed by atoms with Gasteiger partial charge >= 0.3 is 0 Å². The predicted octanol–water partition coefficient (Wildman–Crippen LogP) is 2.08. The normalized spacial score (nSPS) is 20.6. The topological polar surface area (TPSA) is 53.6 Å². The molecule has 0 saturated carbocycles. The summed E-state index contributed by atoms with van der Waals surface area (Å²) < 4.78 is 1.98. The Hall–Kier alpha value is -1.34. The molecule has 1 aromatic rings. The van der Waals surface area contributed by atoms with E-state index in [1.807, 2.05) is 17.9 Å². The molecular formula is C13H20N4. The van der Waals surface area contributed by atoms with Crippen molar-refractivity contribution in [2.45, 2.75) is 51.1 Å². The molecule has 1 aliphatic rings. The van der Waals surface area contributed by atoms with Crippen molar-refractivity contribution in [1.82, 2.24) is 15.1 Å². The SMILES string of the molecule is CCC(CC#N)NC1CCCc2c1cnn2C. The summed E-state index contributed by atoms with van der Waals surface area (Å²) in [7, 11) is 2.01. The number of fused-ring (bicyclic) bond motifs is 1. The van der Waals surface area contributed by atoms with Gasteiger partial charge in [-0.2, -0.15) is 10.4 Å². The van der Waals surface area contributed by atoms with Crippen molar-refractivity contribution in [2.75, 3.05) is 0 Å². The molecule has 0 bridgehead atoms. The molecule has 1 aliphatic carbocycles. The molecule has 0 amide bonds. The van der Waals surface area contributed by atoms with Crippen LogP contribution >= 0.6 is 0 Å². The fraction of sp³-hybridized carbons (Fsp3) is 0.692. The largest absolute Gasteiger partial charge is 0.306 e. The summed E-state index contributed by atoms with van der Waals surface area (Å²) in [5.74, 6) is 0. The molecule has 2 unspecified atom stereocenters. The van der Waals surface area contributed by atoms with Crippen LogP contribution in [0, 0.1) is 11.3 Å². The van der Waals surface area contributed by atoms with E-state index in [-0.39, 0.29) is 0 Å². The molecule has 1 N–H and O–H groups in total. The number of aryl methyl sites for hydroxylation is 1. The fourth-order valence-corrected chi connectivity index (χ4v) is 2.60. The average Bonchev–Trinajstić information content (AvgIpc) is 2.72. The van der Waals surface area contributed by atoms with Gasteiger partial charge in [0.05, 0.1) is 18.7 Å². The quantitative estimate of drug-likeness (QED) is 0.864. The zero-order valence-corrected chi connectivity index (χ0v) is 10.6. The predicted molar refractivity (Wildman–Crippen MR) is 66.3 cm³/mol. The molecule has 17 heavy (non-hydrogen) atoms. The van der Waals surface area contributed by atoms with Crippen LogP contribution in [0.5, 0.6) is 0 Å². The number of hydrogen-bond acceptors (Lipinski definition) is 3. The van der Waals surface area contributed by atoms with Gasteiger partial charge in [0.2, 0.25) is 0 Å². The molecule has 2 rings (SSSR count). The number of hydrogen-bond donors (Lipinski definition) is 1. The second kappa shape index (κ2) is 5.33. The zero-order valence-electron chi connectivity index (χ0n) is 10.6. The number of nitriles is 1. The average molecular weight is 232 g/mol. The summed E-state index contributed by atoms with van der Waals surface area (Å²) in [6.45, 7) is 2.13. The van der Waals surface area contributed by atoms with E-state index in [9.17, 15) is 0 Å². The number of nitrogens with one attached hydrogen (secondary N) is 1. The monoisotopic (exact) mass is 232 g/mol. The molecule has 0 saturated heterocycles. The summed E-state index contributed by atoms with van der Waals surface area (Å²) >= 11 is 0. The maximum absolute atomic E-state index is 8.79. The lowest BCUT2D eigenvalue weighted by Crippen LogP contribution is -2.34. The lowest BCUT2D eigenvalue weighted by atomic mass is 9.92. The van der Waals surface area contributed by atoms with Gasteiger partial charge in [0.15, 0.2) is 0 Å². The molecule has 0 aliphatic heterocycles. The minimum atomic E-state index is 0.302. The Kier molecular flexibility index (Phi) is 3.80. The van der Waals surface area contributed by atoms with Crippen molar-refractivity contribution in [3.63, 3.8) is 0 Å². The van der Waals surface area contributed by atoms with E-state index in [1.165, 1.54) is 17.7 Å². The minimum Gasteiger partial charge on any atom is -0.306 e. The maximum Gasteiger partial charge on any atom is 0.0638 e. The molecule has 92 valence electrons. The summed E-state index contributed by atoms with van der Waals surface area (Å²) in [5.41, 5.74) is 2.68. The number of nitrogens with zero attached hydrogens (tertiary/aromatic N) is 3. The van der Waals surface area contributed by atoms with Gasteiger partial charge in [-0.15, -0.1) is 0 Å². The fourth-order valence-electron chi connectivity index (χ4n) is 2.60. The summed E-state index contributed by atoms with van der Waals surface area (Å²) in [6.07, 6.45) is 7.04. The second-order valence-electron chi connectivity index (χ2n) is 4.75. The van der Waals surface area contributed by atoms with Crippen LogP contribution in [0.2, 0.25) is 0 Å². The van der Waals surface area contributed by atoms with Crippen molar-refractivity contribution in [1.29, 1.82) is 5.26 Å². The molecule has 0 aromatic carbocycles. The summed E-state index contributed by atoms with van der Waals surface area (Å²) in [5, 5.41) is 16.7. The van der Waals surface area contributed by atoms with Gasteiger partial charge in [-0.05, 0) is 25.7 Å². The van der Waals surface area contributed by atoms with Gasteiger partial charge in [-0.1, -0.05) is 6.92 Å². The number of aromatic nitrogens is 2. The molecular weight excluding hydrogens is 212 g/mol. The first-order chi connectivity index (χ1) is 8.26. The highest BCUT2D eigenvalue weighted by atomic mass is 15.3. The molecule has 0 spiro atoms. The van der Waals surface area contributed by atoms with Gasteiger partial charge < -0.3 is 5.32 Å². The van der Waals surface area contributed by atoms with Gasteiger partial charge in [0, 0.05) is 30.4 Å². The smallest absolute Gasteiger partial charge is 0.0638 e. The van der Waals surface area contributed by atoms with Crippen molar-refractivity contribution < 1.29 is 0 Å². The van der Waals surface area contributed by atoms with Crippen LogP contribution in [-0.2, 0) is 13.5 Å². The van der Waals surface area contributed by atoms with Crippen LogP contribution in [0.3, 0.4) is 0 Å². The van der Waals surface area contributed by atoms with Crippen LogP contribution in [0.1, 0.15) is 49.9 Å². The van der Waals surface area contributed by atoms with Crippen molar-refractivity contribution in [2.24, 2.45) is 7.05 Å². The molecule has 1 aromatic heterocycles. The Labute approximate surface area is 103 Å². The van der Waals surface area contributed by atoms with Crippen LogP contribution in [0.4, 0.5) is 0 Å². The van der Waals surface area contributed by atoms with E-state index in [2.05, 4.69) is 23.4 Å². The van der Waals surface area contributed by atoms with Crippen LogP contribution in [0.25, 0.3) is 0 Å². The standard InChI is InChI=1S/C13H20N4/c1-3-10(7-8-14)16-12-5-4-6-13-11(12)9-15-17(13)2/h9-10,12,16H,3-7H2,1-2H3. The Morgan fingerprint density at radius 1 is 1.71 bits per heavy atom. The van der Waals surface area contributed by atoms with E-state index in [1.54, 1.807) is 0 Å². The Morgan fingerprint density at radius 2 is 2.53 bits per heavy atom. The minimum absolute atomic E-state index is 0.302. The molecule has 2 atom stereocenters. The Balaban J connectivity index is 2.10. The van der Waals surface area contributed by atoms with E-state index in [4.69, 9.17) is 5.26 Å². The van der Waals surface area contributed by atoms with Crippen molar-refractivity contribution in [3.8, 4) is 6.07 Å². The zero-order chi connectivity index (χ0) is 12.3. The third-order valence-electron chi connectivity index (χ3n) is 3.64. The summed E-state index contributed by atoms with van der Waals surface area (Å²) in [6, 6.07) is 2.94.